The van der Waals surface area contributed by atoms with Gasteiger partial charge in [-0.1, -0.05) is 53.6 Å². The minimum absolute atomic E-state index is 0.198. The summed E-state index contributed by atoms with van der Waals surface area (Å²) in [4.78, 5) is 13.2. The van der Waals surface area contributed by atoms with E-state index >= 15 is 0 Å². The van der Waals surface area contributed by atoms with Crippen LogP contribution in [0.1, 0.15) is 51.5 Å². The molecule has 186 valence electrons. The molecule has 1 amide bonds. The number of hydrogen-bond donors (Lipinski definition) is 1. The molecule has 2 aromatic heterocycles. The van der Waals surface area contributed by atoms with Crippen LogP contribution in [0.3, 0.4) is 0 Å². The predicted molar refractivity (Wildman–Crippen MR) is 146 cm³/mol. The van der Waals surface area contributed by atoms with Crippen LogP contribution in [0.25, 0.3) is 16.6 Å². The number of hydrogen-bond acceptors (Lipinski definition) is 3. The first-order valence-corrected chi connectivity index (χ1v) is 13.0. The molecule has 1 fully saturated rings. The van der Waals surface area contributed by atoms with Crippen LogP contribution in [-0.4, -0.2) is 25.2 Å². The van der Waals surface area contributed by atoms with Gasteiger partial charge in [-0.2, -0.15) is 0 Å². The molecule has 1 saturated carbocycles. The number of nitrogens with zero attached hydrogens (tertiary/aromatic N) is 4. The van der Waals surface area contributed by atoms with Crippen LogP contribution in [0.5, 0.6) is 0 Å². The van der Waals surface area contributed by atoms with Crippen molar-refractivity contribution >= 4 is 28.4 Å². The molecule has 6 nitrogen and oxygen atoms in total. The highest BCUT2D eigenvalue weighted by Gasteiger charge is 2.31. The highest BCUT2D eigenvalue weighted by atomic mass is 35.5. The van der Waals surface area contributed by atoms with Gasteiger partial charge in [0.25, 0.3) is 5.91 Å². The lowest BCUT2D eigenvalue weighted by atomic mass is 10.0. The number of aryl methyl sites for hydroxylation is 2. The number of amides is 1. The average Bonchev–Trinajstić information content (AvgIpc) is 3.49. The number of aromatic nitrogens is 4. The van der Waals surface area contributed by atoms with Crippen molar-refractivity contribution in [3.63, 3.8) is 0 Å². The number of benzene rings is 3. The summed E-state index contributed by atoms with van der Waals surface area (Å²) in [6.07, 6.45) is 7.53. The Morgan fingerprint density at radius 2 is 1.78 bits per heavy atom. The average molecular weight is 510 g/mol. The number of rotatable bonds is 8. The van der Waals surface area contributed by atoms with E-state index in [-0.39, 0.29) is 5.91 Å². The zero-order valence-electron chi connectivity index (χ0n) is 20.7. The molecule has 5 aromatic rings. The second kappa shape index (κ2) is 9.87. The second-order valence-corrected chi connectivity index (χ2v) is 10.2. The summed E-state index contributed by atoms with van der Waals surface area (Å²) in [6.45, 7) is 2.53. The van der Waals surface area contributed by atoms with Gasteiger partial charge < -0.3 is 9.88 Å². The molecule has 2 heterocycles. The molecule has 0 aliphatic heterocycles. The third kappa shape index (κ3) is 4.77. The van der Waals surface area contributed by atoms with E-state index in [1.54, 1.807) is 29.4 Å². The molecule has 7 heteroatoms. The van der Waals surface area contributed by atoms with Gasteiger partial charge >= 0.3 is 0 Å². The number of nitrogens with one attached hydrogen (secondary N) is 1. The van der Waals surface area contributed by atoms with E-state index in [4.69, 9.17) is 11.6 Å². The minimum atomic E-state index is -0.198. The maximum atomic E-state index is 13.2. The summed E-state index contributed by atoms with van der Waals surface area (Å²) in [7, 11) is 0. The van der Waals surface area contributed by atoms with E-state index in [0.717, 1.165) is 18.5 Å². The molecule has 1 N–H and O–H groups in total. The zero-order chi connectivity index (χ0) is 25.4. The van der Waals surface area contributed by atoms with E-state index in [1.165, 1.54) is 46.1 Å². The summed E-state index contributed by atoms with van der Waals surface area (Å²) < 4.78 is 4.04. The van der Waals surface area contributed by atoms with E-state index in [9.17, 15) is 4.79 Å². The second-order valence-electron chi connectivity index (χ2n) is 9.77. The number of fused-ring (bicyclic) bond motifs is 1. The topological polar surface area (TPSA) is 64.7 Å². The fraction of sp³-hybridized carbons (Fsp3) is 0.233. The van der Waals surface area contributed by atoms with Gasteiger partial charge in [-0.15, -0.1) is 10.2 Å². The van der Waals surface area contributed by atoms with Crippen molar-refractivity contribution < 1.29 is 4.79 Å². The smallest absolute Gasteiger partial charge is 0.254 e. The van der Waals surface area contributed by atoms with Crippen molar-refractivity contribution in [3.05, 3.63) is 112 Å². The molecule has 6 rings (SSSR count). The Labute approximate surface area is 220 Å². The van der Waals surface area contributed by atoms with Gasteiger partial charge in [0.2, 0.25) is 0 Å². The normalized spacial score (nSPS) is 13.2. The quantitative estimate of drug-likeness (QED) is 0.269. The maximum Gasteiger partial charge on any atom is 0.254 e. The van der Waals surface area contributed by atoms with Crippen molar-refractivity contribution in [2.45, 2.75) is 45.2 Å². The van der Waals surface area contributed by atoms with E-state index in [0.29, 0.717) is 23.2 Å². The Kier molecular flexibility index (Phi) is 6.26. The molecular formula is C30H28ClN5O. The molecule has 1 aliphatic rings. The van der Waals surface area contributed by atoms with Gasteiger partial charge in [-0.3, -0.25) is 9.36 Å². The van der Waals surface area contributed by atoms with E-state index in [1.807, 2.05) is 6.07 Å². The van der Waals surface area contributed by atoms with Crippen molar-refractivity contribution in [1.29, 1.82) is 0 Å². The molecule has 0 spiro atoms. The summed E-state index contributed by atoms with van der Waals surface area (Å²) >= 11 is 6.52. The summed E-state index contributed by atoms with van der Waals surface area (Å²) in [6, 6.07) is 22.6. The van der Waals surface area contributed by atoms with E-state index in [2.05, 4.69) is 75.5 Å². The standard InChI is InChI=1S/C30H28ClN5O/c1-20-7-13-27-25(15-20)29(22-9-10-22)28(14-8-21-5-3-2-4-6-21)36(27)17-32-30(37)24-12-11-23(16-26(24)31)35-18-33-34-19-35/h2-7,11-13,15-16,18-19,22H,8-10,14,17H2,1H3,(H,32,37). The highest BCUT2D eigenvalue weighted by molar-refractivity contribution is 6.34. The van der Waals surface area contributed by atoms with Crippen molar-refractivity contribution in [2.24, 2.45) is 0 Å². The molecule has 0 bridgehead atoms. The molecule has 1 aliphatic carbocycles. The molecular weight excluding hydrogens is 482 g/mol. The van der Waals surface area contributed by atoms with Gasteiger partial charge in [0.05, 0.1) is 22.8 Å². The van der Waals surface area contributed by atoms with Crippen LogP contribution < -0.4 is 5.32 Å². The van der Waals surface area contributed by atoms with Gasteiger partial charge in [-0.05, 0) is 80.0 Å². The summed E-state index contributed by atoms with van der Waals surface area (Å²) in [5.74, 6) is 0.405. The van der Waals surface area contributed by atoms with Crippen LogP contribution in [0.2, 0.25) is 5.02 Å². The van der Waals surface area contributed by atoms with Crippen LogP contribution in [-0.2, 0) is 19.5 Å². The number of carbonyl (C=O) groups is 1. The van der Waals surface area contributed by atoms with Crippen LogP contribution in [0, 0.1) is 6.92 Å². The van der Waals surface area contributed by atoms with Gasteiger partial charge in [0, 0.05) is 16.8 Å². The predicted octanol–water partition coefficient (Wildman–Crippen LogP) is 6.23. The first kappa shape index (κ1) is 23.5. The third-order valence-electron chi connectivity index (χ3n) is 7.16. The monoisotopic (exact) mass is 509 g/mol. The number of halogens is 1. The fourth-order valence-corrected chi connectivity index (χ4v) is 5.42. The van der Waals surface area contributed by atoms with Gasteiger partial charge in [-0.25, -0.2) is 0 Å². The molecule has 0 unspecified atom stereocenters. The Balaban J connectivity index is 1.30. The highest BCUT2D eigenvalue weighted by Crippen LogP contribution is 2.46. The minimum Gasteiger partial charge on any atom is -0.334 e. The Morgan fingerprint density at radius 3 is 2.51 bits per heavy atom. The van der Waals surface area contributed by atoms with Crippen LogP contribution in [0.15, 0.2) is 79.4 Å². The molecule has 37 heavy (non-hydrogen) atoms. The van der Waals surface area contributed by atoms with Gasteiger partial charge in [0.15, 0.2) is 0 Å². The summed E-state index contributed by atoms with van der Waals surface area (Å²) in [5, 5.41) is 12.5. The van der Waals surface area contributed by atoms with Gasteiger partial charge in [0.1, 0.15) is 12.7 Å². The Bertz CT molecular complexity index is 1570. The summed E-state index contributed by atoms with van der Waals surface area (Å²) in [5.41, 5.74) is 7.77. The van der Waals surface area contributed by atoms with Crippen molar-refractivity contribution in [2.75, 3.05) is 0 Å². The van der Waals surface area contributed by atoms with Crippen LogP contribution in [0.4, 0.5) is 0 Å². The Hall–Kier alpha value is -3.90. The van der Waals surface area contributed by atoms with Crippen molar-refractivity contribution in [1.82, 2.24) is 24.6 Å². The molecule has 0 saturated heterocycles. The lowest BCUT2D eigenvalue weighted by molar-refractivity contribution is 0.0942. The lowest BCUT2D eigenvalue weighted by Crippen LogP contribution is -2.27. The first-order chi connectivity index (χ1) is 18.1. The largest absolute Gasteiger partial charge is 0.334 e. The molecule has 0 atom stereocenters. The maximum absolute atomic E-state index is 13.2. The SMILES string of the molecule is Cc1ccc2c(c1)c(C1CC1)c(CCc1ccccc1)n2CNC(=O)c1ccc(-n2cnnc2)cc1Cl. The van der Waals surface area contributed by atoms with Crippen molar-refractivity contribution in [3.8, 4) is 5.69 Å². The molecule has 3 aromatic carbocycles. The zero-order valence-corrected chi connectivity index (χ0v) is 21.4. The number of carbonyl (C=O) groups excluding carboxylic acids is 1. The fourth-order valence-electron chi connectivity index (χ4n) is 5.16. The first-order valence-electron chi connectivity index (χ1n) is 12.7. The van der Waals surface area contributed by atoms with E-state index < -0.39 is 0 Å². The molecule has 0 radical (unpaired) electrons. The van der Waals surface area contributed by atoms with Crippen LogP contribution >= 0.6 is 11.6 Å². The lowest BCUT2D eigenvalue weighted by Gasteiger charge is -2.15. The Morgan fingerprint density at radius 1 is 1.00 bits per heavy atom. The third-order valence-corrected chi connectivity index (χ3v) is 7.47.